The van der Waals surface area contributed by atoms with Crippen LogP contribution in [0.5, 0.6) is 5.75 Å². The molecule has 8 heteroatoms. The molecule has 0 fully saturated rings. The van der Waals surface area contributed by atoms with Crippen molar-refractivity contribution in [2.75, 3.05) is 20.8 Å². The molecular formula is C20H20N2O6. The Morgan fingerprint density at radius 2 is 1.96 bits per heavy atom. The molecule has 0 unspecified atom stereocenters. The molecule has 0 aliphatic carbocycles. The van der Waals surface area contributed by atoms with Crippen LogP contribution in [-0.4, -0.2) is 43.5 Å². The van der Waals surface area contributed by atoms with Crippen molar-refractivity contribution in [3.8, 4) is 5.75 Å². The minimum absolute atomic E-state index is 0.0130. The number of hydrogen-bond donors (Lipinski definition) is 1. The number of fused-ring (bicyclic) bond motifs is 2. The summed E-state index contributed by atoms with van der Waals surface area (Å²) in [5.41, 5.74) is 4.58. The Bertz CT molecular complexity index is 961. The van der Waals surface area contributed by atoms with Crippen molar-refractivity contribution in [1.82, 2.24) is 4.90 Å². The number of carbonyl (C=O) groups excluding carboxylic acids is 3. The van der Waals surface area contributed by atoms with Crippen LogP contribution in [-0.2, 0) is 29.3 Å². The van der Waals surface area contributed by atoms with Crippen LogP contribution in [0.2, 0.25) is 0 Å². The Kier molecular flexibility index (Phi) is 4.72. The first kappa shape index (κ1) is 19.2. The number of amides is 1. The number of methoxy groups -OCH3 is 1. The number of hydrogen-bond acceptors (Lipinski definition) is 7. The Balaban J connectivity index is 2.41. The van der Waals surface area contributed by atoms with Crippen molar-refractivity contribution in [3.63, 3.8) is 0 Å². The summed E-state index contributed by atoms with van der Waals surface area (Å²) in [4.78, 5) is 40.5. The van der Waals surface area contributed by atoms with Gasteiger partial charge in [0.15, 0.2) is 0 Å². The molecule has 2 N–H and O–H groups in total. The molecule has 2 aliphatic rings. The van der Waals surface area contributed by atoms with Gasteiger partial charge in [0, 0.05) is 18.3 Å². The molecule has 28 heavy (non-hydrogen) atoms. The molecule has 0 bridgehead atoms. The fourth-order valence-electron chi connectivity index (χ4n) is 3.65. The normalized spacial score (nSPS) is 20.8. The summed E-state index contributed by atoms with van der Waals surface area (Å²) >= 11 is 0. The van der Waals surface area contributed by atoms with Crippen LogP contribution in [0.1, 0.15) is 12.5 Å². The van der Waals surface area contributed by atoms with Crippen molar-refractivity contribution >= 4 is 17.8 Å². The number of nitrogens with zero attached hydrogens (tertiary/aromatic N) is 1. The van der Waals surface area contributed by atoms with E-state index < -0.39 is 23.3 Å². The molecule has 146 valence electrons. The molecular weight excluding hydrogens is 364 g/mol. The number of likely N-dealkylation sites (N-methyl/N-ethyl adjacent to an activating group) is 1. The fourth-order valence-corrected chi connectivity index (χ4v) is 3.65. The van der Waals surface area contributed by atoms with E-state index >= 15 is 0 Å². The predicted octanol–water partition coefficient (Wildman–Crippen LogP) is 1.14. The third kappa shape index (κ3) is 2.41. The Morgan fingerprint density at radius 1 is 1.29 bits per heavy atom. The van der Waals surface area contributed by atoms with Crippen LogP contribution < -0.4 is 10.5 Å². The highest BCUT2D eigenvalue weighted by atomic mass is 16.5. The third-order valence-corrected chi connectivity index (χ3v) is 4.92. The van der Waals surface area contributed by atoms with Crippen molar-refractivity contribution in [2.24, 2.45) is 5.73 Å². The van der Waals surface area contributed by atoms with Crippen molar-refractivity contribution in [3.05, 3.63) is 65.2 Å². The van der Waals surface area contributed by atoms with Gasteiger partial charge in [-0.2, -0.15) is 0 Å². The quantitative estimate of drug-likeness (QED) is 0.612. The summed E-state index contributed by atoms with van der Waals surface area (Å²) in [5, 5.41) is 0. The molecule has 0 saturated heterocycles. The lowest BCUT2D eigenvalue weighted by molar-refractivity contribution is -0.142. The molecule has 0 saturated carbocycles. The maximum atomic E-state index is 13.5. The molecule has 1 amide bonds. The Labute approximate surface area is 161 Å². The number of nitrogens with two attached hydrogens (primary N) is 1. The Morgan fingerprint density at radius 3 is 2.61 bits per heavy atom. The van der Waals surface area contributed by atoms with Gasteiger partial charge in [0.05, 0.1) is 12.7 Å². The van der Waals surface area contributed by atoms with Gasteiger partial charge in [0.2, 0.25) is 11.8 Å². The minimum Gasteiger partial charge on any atom is -0.465 e. The number of para-hydroxylation sites is 1. The molecule has 2 heterocycles. The van der Waals surface area contributed by atoms with E-state index in [1.54, 1.807) is 31.2 Å². The molecule has 8 nitrogen and oxygen atoms in total. The highest BCUT2D eigenvalue weighted by Gasteiger charge is 2.63. The molecule has 1 atom stereocenters. The number of benzene rings is 1. The van der Waals surface area contributed by atoms with E-state index in [1.165, 1.54) is 18.0 Å². The largest absolute Gasteiger partial charge is 0.465 e. The summed E-state index contributed by atoms with van der Waals surface area (Å²) in [6.45, 7) is 5.06. The average molecular weight is 384 g/mol. The maximum absolute atomic E-state index is 13.5. The lowest BCUT2D eigenvalue weighted by Gasteiger charge is -2.36. The van der Waals surface area contributed by atoms with E-state index in [0.717, 1.165) is 7.11 Å². The summed E-state index contributed by atoms with van der Waals surface area (Å²) < 4.78 is 15.7. The van der Waals surface area contributed by atoms with Crippen LogP contribution in [0.25, 0.3) is 0 Å². The first-order valence-corrected chi connectivity index (χ1v) is 8.45. The van der Waals surface area contributed by atoms with Crippen molar-refractivity contribution in [1.29, 1.82) is 0 Å². The molecule has 1 aromatic rings. The zero-order valence-electron chi connectivity index (χ0n) is 15.8. The van der Waals surface area contributed by atoms with Gasteiger partial charge in [-0.15, -0.1) is 0 Å². The number of allylic oxidation sites excluding steroid dienone is 1. The molecule has 0 radical (unpaired) electrons. The minimum atomic E-state index is -1.83. The first-order valence-electron chi connectivity index (χ1n) is 8.45. The van der Waals surface area contributed by atoms with E-state index in [4.69, 9.17) is 19.9 Å². The maximum Gasteiger partial charge on any atom is 0.340 e. The van der Waals surface area contributed by atoms with E-state index in [9.17, 15) is 14.4 Å². The van der Waals surface area contributed by atoms with Gasteiger partial charge in [-0.1, -0.05) is 30.9 Å². The van der Waals surface area contributed by atoms with E-state index in [1.807, 2.05) is 0 Å². The molecule has 0 aromatic heterocycles. The second kappa shape index (κ2) is 6.88. The van der Waals surface area contributed by atoms with Gasteiger partial charge < -0.3 is 24.8 Å². The van der Waals surface area contributed by atoms with E-state index in [2.05, 4.69) is 6.58 Å². The van der Waals surface area contributed by atoms with Crippen LogP contribution >= 0.6 is 0 Å². The average Bonchev–Trinajstić information content (AvgIpc) is 2.87. The standard InChI is InChI=1S/C20H20N2O6/c1-5-10-27-18(24)14-11(2)22(3)19(25)20(14)12-8-6-7-9-13(12)28-16(21)15(20)17(23)26-4/h5-9H,1,10,21H2,2-4H3/t20-/m0/s1. The van der Waals surface area contributed by atoms with Crippen molar-refractivity contribution < 1.29 is 28.6 Å². The second-order valence-corrected chi connectivity index (χ2v) is 6.29. The van der Waals surface area contributed by atoms with Crippen LogP contribution in [0.4, 0.5) is 0 Å². The Hall–Kier alpha value is -3.55. The summed E-state index contributed by atoms with van der Waals surface area (Å²) in [5.74, 6) is -2.22. The first-order chi connectivity index (χ1) is 13.3. The zero-order valence-corrected chi connectivity index (χ0v) is 15.8. The van der Waals surface area contributed by atoms with E-state index in [-0.39, 0.29) is 29.4 Å². The molecule has 2 aliphatic heterocycles. The topological polar surface area (TPSA) is 108 Å². The highest BCUT2D eigenvalue weighted by molar-refractivity contribution is 6.17. The number of esters is 2. The van der Waals surface area contributed by atoms with Gasteiger partial charge in [-0.05, 0) is 13.0 Å². The van der Waals surface area contributed by atoms with Crippen LogP contribution in [0, 0.1) is 0 Å². The van der Waals surface area contributed by atoms with Gasteiger partial charge in [-0.3, -0.25) is 4.79 Å². The third-order valence-electron chi connectivity index (χ3n) is 4.92. The molecule has 1 aromatic carbocycles. The SMILES string of the molecule is C=CCOC(=O)C1=C(C)N(C)C(=O)[C@]12C(C(=O)OC)=C(N)Oc1ccccc12. The lowest BCUT2D eigenvalue weighted by atomic mass is 9.67. The number of carbonyl (C=O) groups is 3. The fraction of sp³-hybridized carbons (Fsp3) is 0.250. The summed E-state index contributed by atoms with van der Waals surface area (Å²) in [6.07, 6.45) is 1.41. The number of rotatable bonds is 4. The second-order valence-electron chi connectivity index (χ2n) is 6.29. The molecule has 1 spiro atoms. The van der Waals surface area contributed by atoms with Crippen LogP contribution in [0.15, 0.2) is 59.6 Å². The van der Waals surface area contributed by atoms with Gasteiger partial charge in [0.1, 0.15) is 23.3 Å². The van der Waals surface area contributed by atoms with E-state index in [0.29, 0.717) is 11.3 Å². The molecule has 3 rings (SSSR count). The zero-order chi connectivity index (χ0) is 20.6. The predicted molar refractivity (Wildman–Crippen MR) is 98.6 cm³/mol. The van der Waals surface area contributed by atoms with Gasteiger partial charge >= 0.3 is 11.9 Å². The van der Waals surface area contributed by atoms with Crippen LogP contribution in [0.3, 0.4) is 0 Å². The highest BCUT2D eigenvalue weighted by Crippen LogP contribution is 2.53. The smallest absolute Gasteiger partial charge is 0.340 e. The monoisotopic (exact) mass is 384 g/mol. The van der Waals surface area contributed by atoms with Gasteiger partial charge in [0.25, 0.3) is 0 Å². The summed E-state index contributed by atoms with van der Waals surface area (Å²) in [6, 6.07) is 6.58. The van der Waals surface area contributed by atoms with Gasteiger partial charge in [-0.25, -0.2) is 9.59 Å². The summed E-state index contributed by atoms with van der Waals surface area (Å²) in [7, 11) is 2.67. The number of ether oxygens (including phenoxy) is 3. The van der Waals surface area contributed by atoms with Crippen molar-refractivity contribution in [2.45, 2.75) is 12.3 Å². The lowest BCUT2D eigenvalue weighted by Crippen LogP contribution is -2.49.